The first-order valence-electron chi connectivity index (χ1n) is 7.00. The van der Waals surface area contributed by atoms with Crippen molar-refractivity contribution in [2.24, 2.45) is 0 Å². The van der Waals surface area contributed by atoms with Crippen molar-refractivity contribution < 1.29 is 4.74 Å². The van der Waals surface area contributed by atoms with Crippen molar-refractivity contribution in [3.63, 3.8) is 0 Å². The maximum absolute atomic E-state index is 5.67. The number of ether oxygens (including phenoxy) is 1. The third-order valence-corrected chi connectivity index (χ3v) is 3.88. The first kappa shape index (κ1) is 11.8. The van der Waals surface area contributed by atoms with Crippen LogP contribution in [-0.2, 0) is 11.3 Å². The molecule has 0 amide bonds. The van der Waals surface area contributed by atoms with Crippen LogP contribution in [0.5, 0.6) is 0 Å². The molecule has 1 aromatic carbocycles. The molecule has 2 heterocycles. The zero-order chi connectivity index (χ0) is 12.4. The fraction of sp³-hybridized carbons (Fsp3) is 0.500. The van der Waals surface area contributed by atoms with E-state index in [0.717, 1.165) is 13.2 Å². The Kier molecular flexibility index (Phi) is 3.37. The molecule has 1 aliphatic heterocycles. The lowest BCUT2D eigenvalue weighted by Crippen LogP contribution is -2.06. The second-order valence-corrected chi connectivity index (χ2v) is 5.35. The summed E-state index contributed by atoms with van der Waals surface area (Å²) in [5.74, 6) is 0. The Balaban J connectivity index is 1.63. The Labute approximate surface area is 109 Å². The molecule has 0 radical (unpaired) electrons. The average Bonchev–Trinajstić information content (AvgIpc) is 2.99. The van der Waals surface area contributed by atoms with Crippen LogP contribution in [0, 0.1) is 6.92 Å². The zero-order valence-electron chi connectivity index (χ0n) is 11.1. The first-order valence-corrected chi connectivity index (χ1v) is 7.00. The molecule has 0 N–H and O–H groups in total. The van der Waals surface area contributed by atoms with E-state index >= 15 is 0 Å². The lowest BCUT2D eigenvalue weighted by atomic mass is 10.1. The maximum atomic E-state index is 5.67. The van der Waals surface area contributed by atoms with Gasteiger partial charge >= 0.3 is 0 Å². The van der Waals surface area contributed by atoms with Gasteiger partial charge in [0.25, 0.3) is 0 Å². The molecule has 0 saturated carbocycles. The monoisotopic (exact) mass is 243 g/mol. The molecule has 96 valence electrons. The zero-order valence-corrected chi connectivity index (χ0v) is 11.1. The van der Waals surface area contributed by atoms with Crippen LogP contribution >= 0.6 is 0 Å². The van der Waals surface area contributed by atoms with Gasteiger partial charge in [-0.15, -0.1) is 0 Å². The topological polar surface area (TPSA) is 14.2 Å². The van der Waals surface area contributed by atoms with E-state index in [1.807, 2.05) is 0 Å². The van der Waals surface area contributed by atoms with Crippen LogP contribution < -0.4 is 0 Å². The molecule has 1 fully saturated rings. The summed E-state index contributed by atoms with van der Waals surface area (Å²) < 4.78 is 8.03. The molecule has 3 rings (SSSR count). The van der Waals surface area contributed by atoms with Gasteiger partial charge in [-0.2, -0.15) is 0 Å². The summed E-state index contributed by atoms with van der Waals surface area (Å²) in [7, 11) is 0. The summed E-state index contributed by atoms with van der Waals surface area (Å²) in [6.07, 6.45) is 7.64. The molecule has 0 spiro atoms. The number of rotatable bonds is 4. The maximum Gasteiger partial charge on any atom is 0.0576 e. The summed E-state index contributed by atoms with van der Waals surface area (Å²) in [5.41, 5.74) is 2.69. The second-order valence-electron chi connectivity index (χ2n) is 5.35. The fourth-order valence-electron chi connectivity index (χ4n) is 2.88. The summed E-state index contributed by atoms with van der Waals surface area (Å²) in [6.45, 7) is 4.22. The Morgan fingerprint density at radius 3 is 3.11 bits per heavy atom. The van der Waals surface area contributed by atoms with Crippen LogP contribution in [0.2, 0.25) is 0 Å². The van der Waals surface area contributed by atoms with Crippen molar-refractivity contribution in [2.75, 3.05) is 6.61 Å². The Hall–Kier alpha value is -1.28. The third-order valence-electron chi connectivity index (χ3n) is 3.88. The van der Waals surface area contributed by atoms with Crippen LogP contribution in [0.15, 0.2) is 30.5 Å². The normalized spacial score (nSPS) is 19.7. The minimum absolute atomic E-state index is 0.522. The highest BCUT2D eigenvalue weighted by atomic mass is 16.5. The van der Waals surface area contributed by atoms with Crippen molar-refractivity contribution in [1.29, 1.82) is 0 Å². The van der Waals surface area contributed by atoms with Crippen molar-refractivity contribution in [3.05, 3.63) is 36.0 Å². The largest absolute Gasteiger partial charge is 0.378 e. The van der Waals surface area contributed by atoms with Gasteiger partial charge in [0.1, 0.15) is 0 Å². The van der Waals surface area contributed by atoms with Crippen LogP contribution in [0.3, 0.4) is 0 Å². The first-order chi connectivity index (χ1) is 8.83. The molecule has 0 aliphatic carbocycles. The highest BCUT2D eigenvalue weighted by molar-refractivity contribution is 5.80. The Bertz CT molecular complexity index is 523. The van der Waals surface area contributed by atoms with E-state index in [-0.39, 0.29) is 0 Å². The van der Waals surface area contributed by atoms with Gasteiger partial charge in [0.15, 0.2) is 0 Å². The second kappa shape index (κ2) is 5.15. The van der Waals surface area contributed by atoms with Crippen molar-refractivity contribution in [3.8, 4) is 0 Å². The third kappa shape index (κ3) is 2.44. The lowest BCUT2D eigenvalue weighted by molar-refractivity contribution is 0.101. The molecule has 1 aliphatic rings. The van der Waals surface area contributed by atoms with Gasteiger partial charge in [-0.3, -0.25) is 0 Å². The number of benzene rings is 1. The highest BCUT2D eigenvalue weighted by Crippen LogP contribution is 2.20. The SMILES string of the molecule is Cc1ccc2c(ccn2CCCC2CCCO2)c1. The smallest absolute Gasteiger partial charge is 0.0576 e. The van der Waals surface area contributed by atoms with Crippen molar-refractivity contribution in [2.45, 2.75) is 45.3 Å². The number of hydrogen-bond acceptors (Lipinski definition) is 1. The highest BCUT2D eigenvalue weighted by Gasteiger charge is 2.14. The molecule has 2 heteroatoms. The van der Waals surface area contributed by atoms with Gasteiger partial charge in [-0.25, -0.2) is 0 Å². The lowest BCUT2D eigenvalue weighted by Gasteiger charge is -2.10. The predicted molar refractivity (Wildman–Crippen MR) is 74.9 cm³/mol. The number of fused-ring (bicyclic) bond motifs is 1. The molecule has 2 aromatic rings. The minimum Gasteiger partial charge on any atom is -0.378 e. The molecule has 1 unspecified atom stereocenters. The van der Waals surface area contributed by atoms with E-state index in [0.29, 0.717) is 6.10 Å². The molecule has 1 aromatic heterocycles. The molecule has 2 nitrogen and oxygen atoms in total. The van der Waals surface area contributed by atoms with Crippen LogP contribution in [-0.4, -0.2) is 17.3 Å². The predicted octanol–water partition coefficient (Wildman–Crippen LogP) is 3.91. The van der Waals surface area contributed by atoms with Gasteiger partial charge < -0.3 is 9.30 Å². The Morgan fingerprint density at radius 1 is 1.33 bits per heavy atom. The van der Waals surface area contributed by atoms with E-state index in [4.69, 9.17) is 4.74 Å². The van der Waals surface area contributed by atoms with Crippen LogP contribution in [0.25, 0.3) is 10.9 Å². The summed E-state index contributed by atoms with van der Waals surface area (Å²) in [6, 6.07) is 8.90. The molecular weight excluding hydrogens is 222 g/mol. The van der Waals surface area contributed by atoms with Gasteiger partial charge in [-0.1, -0.05) is 11.6 Å². The molecule has 0 bridgehead atoms. The Morgan fingerprint density at radius 2 is 2.28 bits per heavy atom. The molecule has 1 saturated heterocycles. The van der Waals surface area contributed by atoms with Crippen molar-refractivity contribution in [1.82, 2.24) is 4.57 Å². The van der Waals surface area contributed by atoms with Gasteiger partial charge in [-0.05, 0) is 56.2 Å². The summed E-state index contributed by atoms with van der Waals surface area (Å²) in [5, 5.41) is 1.35. The van der Waals surface area contributed by atoms with E-state index in [1.165, 1.54) is 42.1 Å². The number of aromatic nitrogens is 1. The summed E-state index contributed by atoms with van der Waals surface area (Å²) in [4.78, 5) is 0. The minimum atomic E-state index is 0.522. The van der Waals surface area contributed by atoms with Crippen molar-refractivity contribution >= 4 is 10.9 Å². The molecule has 18 heavy (non-hydrogen) atoms. The quantitative estimate of drug-likeness (QED) is 0.794. The van der Waals surface area contributed by atoms with E-state index in [2.05, 4.69) is 42.0 Å². The summed E-state index contributed by atoms with van der Waals surface area (Å²) >= 11 is 0. The molecular formula is C16H21NO. The number of hydrogen-bond donors (Lipinski definition) is 0. The number of nitrogens with zero attached hydrogens (tertiary/aromatic N) is 1. The van der Waals surface area contributed by atoms with Gasteiger partial charge in [0, 0.05) is 24.9 Å². The van der Waals surface area contributed by atoms with Gasteiger partial charge in [0.2, 0.25) is 0 Å². The van der Waals surface area contributed by atoms with E-state index in [1.54, 1.807) is 0 Å². The number of aryl methyl sites for hydroxylation is 2. The average molecular weight is 243 g/mol. The molecule has 1 atom stereocenters. The van der Waals surface area contributed by atoms with E-state index in [9.17, 15) is 0 Å². The fourth-order valence-corrected chi connectivity index (χ4v) is 2.88. The van der Waals surface area contributed by atoms with Crippen LogP contribution in [0.4, 0.5) is 0 Å². The van der Waals surface area contributed by atoms with E-state index < -0.39 is 0 Å². The van der Waals surface area contributed by atoms with Crippen LogP contribution in [0.1, 0.15) is 31.2 Å². The standard InChI is InChI=1S/C16H21NO/c1-13-6-7-16-14(12-13)8-10-17(16)9-2-4-15-5-3-11-18-15/h6-8,10,12,15H,2-5,9,11H2,1H3. The van der Waals surface area contributed by atoms with Gasteiger partial charge in [0.05, 0.1) is 6.10 Å².